The zero-order valence-corrected chi connectivity index (χ0v) is 9.74. The second kappa shape index (κ2) is 4.58. The first-order valence-corrected chi connectivity index (χ1v) is 5.83. The van der Waals surface area contributed by atoms with Crippen LogP contribution in [-0.4, -0.2) is 38.1 Å². The summed E-state index contributed by atoms with van der Waals surface area (Å²) < 4.78 is 1.66. The van der Waals surface area contributed by atoms with Gasteiger partial charge in [-0.2, -0.15) is 4.52 Å². The molecule has 0 radical (unpaired) electrons. The number of aliphatic hydroxyl groups excluding tert-OH is 1. The number of nitrogens with one attached hydrogen (secondary N) is 1. The molecule has 2 heterocycles. The van der Waals surface area contributed by atoms with Crippen LogP contribution < -0.4 is 5.32 Å². The average Bonchev–Trinajstić information content (AvgIpc) is 2.87. The molecule has 0 bridgehead atoms. The fraction of sp³-hybridized carbons (Fsp3) is 0.250. The highest BCUT2D eigenvalue weighted by Crippen LogP contribution is 2.23. The third kappa shape index (κ3) is 1.76. The molecule has 6 nitrogen and oxygen atoms in total. The van der Waals surface area contributed by atoms with E-state index in [4.69, 9.17) is 5.11 Å². The molecule has 92 valence electrons. The van der Waals surface area contributed by atoms with Crippen LogP contribution in [0.3, 0.4) is 0 Å². The number of fused-ring (bicyclic) bond motifs is 3. The number of nitrogens with zero attached hydrogens (tertiary/aromatic N) is 4. The predicted octanol–water partition coefficient (Wildman–Crippen LogP) is 1.07. The zero-order chi connectivity index (χ0) is 12.4. The van der Waals surface area contributed by atoms with Crippen LogP contribution in [0.4, 0.5) is 5.82 Å². The predicted molar refractivity (Wildman–Crippen MR) is 68.5 cm³/mol. The molecule has 0 spiro atoms. The highest BCUT2D eigenvalue weighted by atomic mass is 16.3. The standard InChI is InChI=1S/C12H13N5O/c18-7-3-6-13-11-9-4-1-2-5-10(9)12-15-14-8-17(12)16-11/h1-2,4-5,8,18H,3,6-7H2,(H,13,16). The van der Waals surface area contributed by atoms with Crippen LogP contribution in [0.25, 0.3) is 16.4 Å². The molecule has 0 unspecified atom stereocenters. The second-order valence-electron chi connectivity index (χ2n) is 4.00. The van der Waals surface area contributed by atoms with Gasteiger partial charge in [0.2, 0.25) is 0 Å². The second-order valence-corrected chi connectivity index (χ2v) is 4.00. The Morgan fingerprint density at radius 1 is 1.22 bits per heavy atom. The van der Waals surface area contributed by atoms with Gasteiger partial charge < -0.3 is 10.4 Å². The molecule has 3 rings (SSSR count). The Hall–Kier alpha value is -2.21. The normalized spacial score (nSPS) is 11.2. The minimum Gasteiger partial charge on any atom is -0.396 e. The van der Waals surface area contributed by atoms with Crippen molar-refractivity contribution in [1.82, 2.24) is 19.8 Å². The van der Waals surface area contributed by atoms with E-state index in [0.29, 0.717) is 13.0 Å². The first kappa shape index (κ1) is 10.9. The fourth-order valence-electron chi connectivity index (χ4n) is 1.94. The van der Waals surface area contributed by atoms with E-state index in [9.17, 15) is 0 Å². The Balaban J connectivity index is 2.14. The number of rotatable bonds is 4. The highest BCUT2D eigenvalue weighted by molar-refractivity contribution is 5.99. The van der Waals surface area contributed by atoms with Gasteiger partial charge in [-0.25, -0.2) is 0 Å². The van der Waals surface area contributed by atoms with E-state index in [1.54, 1.807) is 10.8 Å². The van der Waals surface area contributed by atoms with Crippen LogP contribution in [0.5, 0.6) is 0 Å². The summed E-state index contributed by atoms with van der Waals surface area (Å²) in [5.74, 6) is 0.784. The lowest BCUT2D eigenvalue weighted by Gasteiger charge is -2.08. The van der Waals surface area contributed by atoms with Crippen LogP contribution in [0.2, 0.25) is 0 Å². The molecule has 2 N–H and O–H groups in total. The van der Waals surface area contributed by atoms with Crippen molar-refractivity contribution < 1.29 is 5.11 Å². The average molecular weight is 243 g/mol. The Kier molecular flexibility index (Phi) is 2.77. The Labute approximate surface area is 103 Å². The smallest absolute Gasteiger partial charge is 0.185 e. The van der Waals surface area contributed by atoms with Gasteiger partial charge in [0, 0.05) is 23.9 Å². The van der Waals surface area contributed by atoms with Crippen LogP contribution in [0.1, 0.15) is 6.42 Å². The fourth-order valence-corrected chi connectivity index (χ4v) is 1.94. The minimum absolute atomic E-state index is 0.166. The number of hydrogen-bond acceptors (Lipinski definition) is 5. The minimum atomic E-state index is 0.166. The number of benzene rings is 1. The van der Waals surface area contributed by atoms with Gasteiger partial charge in [-0.3, -0.25) is 0 Å². The van der Waals surface area contributed by atoms with E-state index in [1.165, 1.54) is 0 Å². The van der Waals surface area contributed by atoms with Crippen molar-refractivity contribution in [3.8, 4) is 0 Å². The molecular weight excluding hydrogens is 230 g/mol. The zero-order valence-electron chi connectivity index (χ0n) is 9.74. The Morgan fingerprint density at radius 3 is 2.89 bits per heavy atom. The highest BCUT2D eigenvalue weighted by Gasteiger charge is 2.08. The summed E-state index contributed by atoms with van der Waals surface area (Å²) in [7, 11) is 0. The lowest BCUT2D eigenvalue weighted by molar-refractivity contribution is 0.292. The van der Waals surface area contributed by atoms with E-state index in [0.717, 1.165) is 22.2 Å². The van der Waals surface area contributed by atoms with E-state index in [-0.39, 0.29) is 6.61 Å². The molecule has 3 aromatic rings. The monoisotopic (exact) mass is 243 g/mol. The molecule has 0 atom stereocenters. The third-order valence-corrected chi connectivity index (χ3v) is 2.79. The van der Waals surface area contributed by atoms with Gasteiger partial charge in [-0.15, -0.1) is 15.3 Å². The van der Waals surface area contributed by atoms with Crippen LogP contribution in [0, 0.1) is 0 Å². The molecule has 2 aromatic heterocycles. The lowest BCUT2D eigenvalue weighted by atomic mass is 10.2. The van der Waals surface area contributed by atoms with E-state index < -0.39 is 0 Å². The summed E-state index contributed by atoms with van der Waals surface area (Å²) in [4.78, 5) is 0. The van der Waals surface area contributed by atoms with Gasteiger partial charge in [0.1, 0.15) is 6.33 Å². The van der Waals surface area contributed by atoms with E-state index in [1.807, 2.05) is 24.3 Å². The maximum atomic E-state index is 8.81. The quantitative estimate of drug-likeness (QED) is 0.670. The summed E-state index contributed by atoms with van der Waals surface area (Å²) in [5.41, 5.74) is 0.748. The number of anilines is 1. The van der Waals surface area contributed by atoms with Gasteiger partial charge >= 0.3 is 0 Å². The van der Waals surface area contributed by atoms with E-state index in [2.05, 4.69) is 20.6 Å². The number of aromatic nitrogens is 4. The molecular formula is C12H13N5O. The summed E-state index contributed by atoms with van der Waals surface area (Å²) >= 11 is 0. The Morgan fingerprint density at radius 2 is 2.06 bits per heavy atom. The van der Waals surface area contributed by atoms with Gasteiger partial charge in [0.25, 0.3) is 0 Å². The molecule has 0 amide bonds. The SMILES string of the molecule is OCCCNc1nn2cnnc2c2ccccc12. The van der Waals surface area contributed by atoms with Gasteiger partial charge in [-0.1, -0.05) is 24.3 Å². The van der Waals surface area contributed by atoms with Crippen LogP contribution in [-0.2, 0) is 0 Å². The molecule has 0 fully saturated rings. The lowest BCUT2D eigenvalue weighted by Crippen LogP contribution is -2.07. The molecule has 0 aliphatic heterocycles. The molecule has 0 saturated heterocycles. The van der Waals surface area contributed by atoms with Gasteiger partial charge in [-0.05, 0) is 6.42 Å². The largest absolute Gasteiger partial charge is 0.396 e. The Bertz CT molecular complexity index is 678. The molecule has 18 heavy (non-hydrogen) atoms. The van der Waals surface area contributed by atoms with Crippen molar-refractivity contribution in [3.63, 3.8) is 0 Å². The van der Waals surface area contributed by atoms with Gasteiger partial charge in [0.15, 0.2) is 11.5 Å². The molecule has 1 aromatic carbocycles. The maximum absolute atomic E-state index is 8.81. The van der Waals surface area contributed by atoms with Crippen molar-refractivity contribution in [2.75, 3.05) is 18.5 Å². The van der Waals surface area contributed by atoms with Crippen LogP contribution >= 0.6 is 0 Å². The summed E-state index contributed by atoms with van der Waals surface area (Å²) in [6.45, 7) is 0.848. The molecule has 0 saturated carbocycles. The summed E-state index contributed by atoms with van der Waals surface area (Å²) in [5, 5.41) is 26.4. The van der Waals surface area contributed by atoms with Crippen molar-refractivity contribution in [2.45, 2.75) is 6.42 Å². The molecule has 0 aliphatic rings. The van der Waals surface area contributed by atoms with Crippen LogP contribution in [0.15, 0.2) is 30.6 Å². The first-order chi connectivity index (χ1) is 8.90. The summed E-state index contributed by atoms with van der Waals surface area (Å²) in [6.07, 6.45) is 2.27. The van der Waals surface area contributed by atoms with Gasteiger partial charge in [0.05, 0.1) is 0 Å². The van der Waals surface area contributed by atoms with Crippen molar-refractivity contribution in [1.29, 1.82) is 0 Å². The first-order valence-electron chi connectivity index (χ1n) is 5.83. The maximum Gasteiger partial charge on any atom is 0.185 e. The van der Waals surface area contributed by atoms with E-state index >= 15 is 0 Å². The summed E-state index contributed by atoms with van der Waals surface area (Å²) in [6, 6.07) is 7.93. The van der Waals surface area contributed by atoms with Crippen molar-refractivity contribution in [3.05, 3.63) is 30.6 Å². The number of hydrogen-bond donors (Lipinski definition) is 2. The molecule has 0 aliphatic carbocycles. The topological polar surface area (TPSA) is 75.3 Å². The molecule has 6 heteroatoms. The number of aliphatic hydroxyl groups is 1. The van der Waals surface area contributed by atoms with Crippen molar-refractivity contribution in [2.24, 2.45) is 0 Å². The third-order valence-electron chi connectivity index (χ3n) is 2.79. The van der Waals surface area contributed by atoms with Crippen molar-refractivity contribution >= 4 is 22.2 Å².